The Kier molecular flexibility index (Phi) is 2.95. The van der Waals surface area contributed by atoms with Crippen LogP contribution >= 0.6 is 11.6 Å². The van der Waals surface area contributed by atoms with Crippen molar-refractivity contribution in [2.75, 3.05) is 0 Å². The Labute approximate surface area is 123 Å². The summed E-state index contributed by atoms with van der Waals surface area (Å²) in [5.41, 5.74) is 1.07. The first kappa shape index (κ1) is 13.3. The van der Waals surface area contributed by atoms with Gasteiger partial charge in [0.2, 0.25) is 0 Å². The third kappa shape index (κ3) is 2.25. The zero-order valence-corrected chi connectivity index (χ0v) is 11.2. The van der Waals surface area contributed by atoms with Crippen LogP contribution in [0.25, 0.3) is 11.1 Å². The summed E-state index contributed by atoms with van der Waals surface area (Å²) < 4.78 is 0. The van der Waals surface area contributed by atoms with E-state index in [0.717, 1.165) is 6.08 Å². The minimum atomic E-state index is -0.556. The minimum Gasteiger partial charge on any atom is -0.289 e. The normalized spacial score (nSPS) is 17.6. The van der Waals surface area contributed by atoms with Crippen molar-refractivity contribution in [2.45, 2.75) is 0 Å². The number of carbonyl (C=O) groups is 4. The van der Waals surface area contributed by atoms with Crippen molar-refractivity contribution in [1.82, 2.24) is 10.6 Å². The molecule has 2 aliphatic rings. The molecule has 1 aromatic rings. The Morgan fingerprint density at radius 1 is 0.810 bits per heavy atom. The zero-order valence-electron chi connectivity index (χ0n) is 10.4. The number of halogens is 1. The van der Waals surface area contributed by atoms with E-state index < -0.39 is 23.6 Å². The van der Waals surface area contributed by atoms with Crippen molar-refractivity contribution < 1.29 is 19.2 Å². The highest BCUT2D eigenvalue weighted by molar-refractivity contribution is 6.39. The first-order chi connectivity index (χ1) is 9.95. The van der Waals surface area contributed by atoms with Crippen LogP contribution in [0.5, 0.6) is 0 Å². The maximum absolute atomic E-state index is 11.7. The molecule has 0 aliphatic carbocycles. The monoisotopic (exact) mass is 302 g/mol. The molecule has 7 heteroatoms. The van der Waals surface area contributed by atoms with E-state index in [4.69, 9.17) is 11.6 Å². The van der Waals surface area contributed by atoms with Gasteiger partial charge in [0.15, 0.2) is 0 Å². The Morgan fingerprint density at radius 3 is 1.90 bits per heavy atom. The van der Waals surface area contributed by atoms with E-state index in [9.17, 15) is 19.2 Å². The number of imide groups is 2. The first-order valence-corrected chi connectivity index (χ1v) is 6.28. The largest absolute Gasteiger partial charge is 0.289 e. The van der Waals surface area contributed by atoms with Gasteiger partial charge in [-0.25, -0.2) is 0 Å². The lowest BCUT2D eigenvalue weighted by molar-refractivity contribution is -0.124. The number of hydrogen-bond acceptors (Lipinski definition) is 4. The van der Waals surface area contributed by atoms with Crippen LogP contribution in [0.3, 0.4) is 0 Å². The van der Waals surface area contributed by atoms with Crippen LogP contribution in [-0.4, -0.2) is 23.6 Å². The first-order valence-electron chi connectivity index (χ1n) is 5.90. The van der Waals surface area contributed by atoms with Crippen LogP contribution < -0.4 is 10.6 Å². The van der Waals surface area contributed by atoms with Crippen molar-refractivity contribution in [3.63, 3.8) is 0 Å². The van der Waals surface area contributed by atoms with Gasteiger partial charge >= 0.3 is 0 Å². The minimum absolute atomic E-state index is 0.122. The fraction of sp³-hybridized carbons (Fsp3) is 0. The molecule has 0 aromatic heterocycles. The van der Waals surface area contributed by atoms with E-state index in [1.807, 2.05) is 0 Å². The van der Waals surface area contributed by atoms with Crippen LogP contribution in [0.2, 0.25) is 5.02 Å². The second kappa shape index (κ2) is 4.68. The summed E-state index contributed by atoms with van der Waals surface area (Å²) in [5, 5.41) is 4.52. The molecule has 21 heavy (non-hydrogen) atoms. The standard InChI is InChI=1S/C14H7ClN2O4/c15-10-2-1-6(7-4-11(18)16-13(7)20)3-8(10)9-5-12(19)17-14(9)21/h1-5H,(H,16,18,20)(H,17,19,21). The van der Waals surface area contributed by atoms with Crippen molar-refractivity contribution >= 4 is 46.4 Å². The van der Waals surface area contributed by atoms with E-state index in [1.54, 1.807) is 6.07 Å². The topological polar surface area (TPSA) is 92.3 Å². The summed E-state index contributed by atoms with van der Waals surface area (Å²) in [7, 11) is 0. The smallest absolute Gasteiger partial charge is 0.258 e. The third-order valence-corrected chi connectivity index (χ3v) is 3.41. The predicted octanol–water partition coefficient (Wildman–Crippen LogP) is 0.420. The summed E-state index contributed by atoms with van der Waals surface area (Å²) >= 11 is 6.04. The Balaban J connectivity index is 2.10. The van der Waals surface area contributed by atoms with E-state index in [0.29, 0.717) is 11.1 Å². The van der Waals surface area contributed by atoms with Crippen LogP contribution in [0, 0.1) is 0 Å². The highest BCUT2D eigenvalue weighted by Crippen LogP contribution is 2.30. The van der Waals surface area contributed by atoms with Crippen molar-refractivity contribution in [3.8, 4) is 0 Å². The van der Waals surface area contributed by atoms with Crippen LogP contribution in [0.4, 0.5) is 0 Å². The average molecular weight is 303 g/mol. The average Bonchev–Trinajstić information content (AvgIpc) is 2.92. The van der Waals surface area contributed by atoms with Gasteiger partial charge in [0, 0.05) is 22.7 Å². The number of amides is 4. The molecule has 1 aromatic carbocycles. The number of nitrogens with one attached hydrogen (secondary N) is 2. The lowest BCUT2D eigenvalue weighted by Gasteiger charge is -2.07. The lowest BCUT2D eigenvalue weighted by atomic mass is 9.99. The molecule has 2 N–H and O–H groups in total. The van der Waals surface area contributed by atoms with Gasteiger partial charge < -0.3 is 0 Å². The molecule has 0 spiro atoms. The number of hydrogen-bond donors (Lipinski definition) is 2. The molecule has 0 saturated carbocycles. The highest BCUT2D eigenvalue weighted by atomic mass is 35.5. The summed E-state index contributed by atoms with van der Waals surface area (Å²) in [6.07, 6.45) is 2.31. The van der Waals surface area contributed by atoms with Gasteiger partial charge in [-0.05, 0) is 17.7 Å². The highest BCUT2D eigenvalue weighted by Gasteiger charge is 2.26. The van der Waals surface area contributed by atoms with Crippen molar-refractivity contribution in [2.24, 2.45) is 0 Å². The fourth-order valence-electron chi connectivity index (χ4n) is 2.14. The van der Waals surface area contributed by atoms with Gasteiger partial charge in [-0.2, -0.15) is 0 Å². The summed E-state index contributed by atoms with van der Waals surface area (Å²) in [6, 6.07) is 4.56. The van der Waals surface area contributed by atoms with Crippen LogP contribution in [-0.2, 0) is 19.2 Å². The fourth-order valence-corrected chi connectivity index (χ4v) is 2.36. The molecule has 0 fully saturated rings. The predicted molar refractivity (Wildman–Crippen MR) is 73.7 cm³/mol. The molecular weight excluding hydrogens is 296 g/mol. The van der Waals surface area contributed by atoms with Gasteiger partial charge in [-0.3, -0.25) is 29.8 Å². The van der Waals surface area contributed by atoms with Crippen LogP contribution in [0.15, 0.2) is 30.4 Å². The van der Waals surface area contributed by atoms with E-state index in [-0.39, 0.29) is 16.2 Å². The molecule has 3 rings (SSSR count). The van der Waals surface area contributed by atoms with Gasteiger partial charge in [-0.15, -0.1) is 0 Å². The Hall–Kier alpha value is -2.73. The molecule has 2 aliphatic heterocycles. The van der Waals surface area contributed by atoms with Crippen molar-refractivity contribution in [3.05, 3.63) is 46.5 Å². The van der Waals surface area contributed by atoms with Gasteiger partial charge in [0.1, 0.15) is 0 Å². The second-order valence-corrected chi connectivity index (χ2v) is 4.85. The molecule has 0 unspecified atom stereocenters. The van der Waals surface area contributed by atoms with Gasteiger partial charge in [0.05, 0.1) is 11.1 Å². The van der Waals surface area contributed by atoms with E-state index in [2.05, 4.69) is 10.6 Å². The van der Waals surface area contributed by atoms with E-state index >= 15 is 0 Å². The lowest BCUT2D eigenvalue weighted by Crippen LogP contribution is -2.22. The third-order valence-electron chi connectivity index (χ3n) is 3.08. The van der Waals surface area contributed by atoms with Crippen LogP contribution in [0.1, 0.15) is 11.1 Å². The molecule has 0 radical (unpaired) electrons. The van der Waals surface area contributed by atoms with E-state index in [1.165, 1.54) is 18.2 Å². The molecule has 0 bridgehead atoms. The molecule has 2 heterocycles. The van der Waals surface area contributed by atoms with Gasteiger partial charge in [0.25, 0.3) is 23.6 Å². The number of benzene rings is 1. The molecule has 104 valence electrons. The Bertz CT molecular complexity index is 792. The molecule has 4 amide bonds. The number of rotatable bonds is 2. The molecule has 0 saturated heterocycles. The summed E-state index contributed by atoms with van der Waals surface area (Å²) in [6.45, 7) is 0. The molecule has 0 atom stereocenters. The maximum Gasteiger partial charge on any atom is 0.258 e. The Morgan fingerprint density at radius 2 is 1.38 bits per heavy atom. The SMILES string of the molecule is O=C1C=C(c2ccc(Cl)c(C3=CC(=O)NC3=O)c2)C(=O)N1. The van der Waals surface area contributed by atoms with Crippen molar-refractivity contribution in [1.29, 1.82) is 0 Å². The maximum atomic E-state index is 11.7. The second-order valence-electron chi connectivity index (χ2n) is 4.45. The summed E-state index contributed by atoms with van der Waals surface area (Å²) in [5.74, 6) is -2.10. The number of carbonyl (C=O) groups excluding carboxylic acids is 4. The zero-order chi connectivity index (χ0) is 15.1. The summed E-state index contributed by atoms with van der Waals surface area (Å²) in [4.78, 5) is 45.7. The van der Waals surface area contributed by atoms with Gasteiger partial charge in [-0.1, -0.05) is 17.7 Å². The molecular formula is C14H7ClN2O4. The quantitative estimate of drug-likeness (QED) is 0.774. The molecule has 6 nitrogen and oxygen atoms in total.